The number of ether oxygens (including phenoxy) is 1. The van der Waals surface area contributed by atoms with Crippen molar-refractivity contribution in [3.05, 3.63) is 58.6 Å². The molecule has 3 heteroatoms. The van der Waals surface area contributed by atoms with Gasteiger partial charge < -0.3 is 10.1 Å². The van der Waals surface area contributed by atoms with Crippen LogP contribution in [0.1, 0.15) is 25.0 Å². The number of nitrogens with one attached hydrogen (secondary N) is 1. The van der Waals surface area contributed by atoms with Crippen LogP contribution < -0.4 is 10.1 Å². The molecule has 2 aromatic rings. The second-order valence-electron chi connectivity index (χ2n) is 5.20. The molecule has 1 N–H and O–H groups in total. The number of para-hydroxylation sites is 2. The van der Waals surface area contributed by atoms with E-state index in [0.29, 0.717) is 5.02 Å². The summed E-state index contributed by atoms with van der Waals surface area (Å²) in [5, 5.41) is 4.15. The van der Waals surface area contributed by atoms with Crippen LogP contribution in [0.3, 0.4) is 0 Å². The van der Waals surface area contributed by atoms with E-state index in [4.69, 9.17) is 16.3 Å². The second kappa shape index (κ2) is 7.37. The zero-order valence-electron chi connectivity index (χ0n) is 12.8. The Labute approximate surface area is 132 Å². The van der Waals surface area contributed by atoms with E-state index >= 15 is 0 Å². The van der Waals surface area contributed by atoms with Crippen molar-refractivity contribution in [3.63, 3.8) is 0 Å². The topological polar surface area (TPSA) is 21.3 Å². The lowest BCUT2D eigenvalue weighted by Gasteiger charge is -2.19. The summed E-state index contributed by atoms with van der Waals surface area (Å²) < 4.78 is 5.89. The Kier molecular flexibility index (Phi) is 5.51. The summed E-state index contributed by atoms with van der Waals surface area (Å²) in [7, 11) is 0. The molecule has 0 aliphatic carbocycles. The van der Waals surface area contributed by atoms with Gasteiger partial charge in [0.2, 0.25) is 0 Å². The number of benzene rings is 2. The zero-order valence-corrected chi connectivity index (χ0v) is 13.6. The van der Waals surface area contributed by atoms with Gasteiger partial charge in [0, 0.05) is 5.69 Å². The molecule has 0 saturated heterocycles. The van der Waals surface area contributed by atoms with Gasteiger partial charge in [-0.3, -0.25) is 0 Å². The number of hydrogen-bond donors (Lipinski definition) is 1. The van der Waals surface area contributed by atoms with Gasteiger partial charge in [0.15, 0.2) is 0 Å². The monoisotopic (exact) mass is 303 g/mol. The van der Waals surface area contributed by atoms with Crippen LogP contribution in [0.2, 0.25) is 5.02 Å². The third kappa shape index (κ3) is 4.15. The van der Waals surface area contributed by atoms with Crippen molar-refractivity contribution < 1.29 is 4.74 Å². The third-order valence-corrected chi connectivity index (χ3v) is 3.78. The Morgan fingerprint density at radius 3 is 2.62 bits per heavy atom. The smallest absolute Gasteiger partial charge is 0.138 e. The van der Waals surface area contributed by atoms with Crippen molar-refractivity contribution in [3.8, 4) is 5.75 Å². The van der Waals surface area contributed by atoms with Gasteiger partial charge >= 0.3 is 0 Å². The van der Waals surface area contributed by atoms with Crippen LogP contribution >= 0.6 is 11.6 Å². The maximum Gasteiger partial charge on any atom is 0.138 e. The van der Waals surface area contributed by atoms with Gasteiger partial charge in [-0.25, -0.2) is 0 Å². The molecular weight excluding hydrogens is 282 g/mol. The minimum absolute atomic E-state index is 0.0363. The molecule has 0 heterocycles. The SMILES string of the molecule is CCc1cccc(C)c1NCC(C)Oc1ccccc1Cl. The van der Waals surface area contributed by atoms with Crippen molar-refractivity contribution in [2.24, 2.45) is 0 Å². The molecule has 0 aliphatic rings. The minimum Gasteiger partial charge on any atom is -0.487 e. The maximum absolute atomic E-state index is 6.11. The van der Waals surface area contributed by atoms with E-state index < -0.39 is 0 Å². The molecule has 0 aromatic heterocycles. The van der Waals surface area contributed by atoms with E-state index in [1.807, 2.05) is 31.2 Å². The van der Waals surface area contributed by atoms with Gasteiger partial charge in [-0.05, 0) is 43.5 Å². The van der Waals surface area contributed by atoms with Crippen molar-refractivity contribution >= 4 is 17.3 Å². The van der Waals surface area contributed by atoms with E-state index in [1.54, 1.807) is 0 Å². The second-order valence-corrected chi connectivity index (χ2v) is 5.61. The van der Waals surface area contributed by atoms with Crippen molar-refractivity contribution in [1.82, 2.24) is 0 Å². The predicted molar refractivity (Wildman–Crippen MR) is 90.6 cm³/mol. The molecule has 0 bridgehead atoms. The fourth-order valence-corrected chi connectivity index (χ4v) is 2.50. The molecule has 0 amide bonds. The van der Waals surface area contributed by atoms with Crippen LogP contribution in [0.15, 0.2) is 42.5 Å². The highest BCUT2D eigenvalue weighted by Crippen LogP contribution is 2.25. The van der Waals surface area contributed by atoms with Crippen LogP contribution in [-0.4, -0.2) is 12.6 Å². The first-order valence-corrected chi connectivity index (χ1v) is 7.73. The lowest BCUT2D eigenvalue weighted by Crippen LogP contribution is -2.23. The van der Waals surface area contributed by atoms with Crippen LogP contribution in [0.25, 0.3) is 0 Å². The van der Waals surface area contributed by atoms with Gasteiger partial charge in [0.1, 0.15) is 11.9 Å². The van der Waals surface area contributed by atoms with Crippen molar-refractivity contribution in [2.45, 2.75) is 33.3 Å². The molecule has 0 saturated carbocycles. The number of halogens is 1. The molecule has 21 heavy (non-hydrogen) atoms. The molecule has 2 nitrogen and oxygen atoms in total. The molecule has 0 spiro atoms. The summed E-state index contributed by atoms with van der Waals surface area (Å²) >= 11 is 6.11. The normalized spacial score (nSPS) is 12.0. The van der Waals surface area contributed by atoms with E-state index in [1.165, 1.54) is 16.8 Å². The fraction of sp³-hybridized carbons (Fsp3) is 0.333. The Balaban J connectivity index is 1.99. The van der Waals surface area contributed by atoms with Crippen LogP contribution in [0.4, 0.5) is 5.69 Å². The van der Waals surface area contributed by atoms with Gasteiger partial charge in [0.25, 0.3) is 0 Å². The Bertz CT molecular complexity index is 598. The highest BCUT2D eigenvalue weighted by molar-refractivity contribution is 6.32. The molecule has 2 rings (SSSR count). The van der Waals surface area contributed by atoms with Crippen molar-refractivity contribution in [2.75, 3.05) is 11.9 Å². The zero-order chi connectivity index (χ0) is 15.2. The third-order valence-electron chi connectivity index (χ3n) is 3.47. The molecule has 112 valence electrons. The summed E-state index contributed by atoms with van der Waals surface area (Å²) in [6.45, 7) is 7.08. The maximum atomic E-state index is 6.11. The van der Waals surface area contributed by atoms with Gasteiger partial charge in [-0.15, -0.1) is 0 Å². The Morgan fingerprint density at radius 2 is 1.90 bits per heavy atom. The number of aryl methyl sites for hydroxylation is 2. The summed E-state index contributed by atoms with van der Waals surface area (Å²) in [5.41, 5.74) is 3.81. The van der Waals surface area contributed by atoms with Gasteiger partial charge in [0.05, 0.1) is 11.6 Å². The van der Waals surface area contributed by atoms with Gasteiger partial charge in [-0.2, -0.15) is 0 Å². The standard InChI is InChI=1S/C18H22ClNO/c1-4-15-9-7-8-13(2)18(15)20-12-14(3)21-17-11-6-5-10-16(17)19/h5-11,14,20H,4,12H2,1-3H3. The molecule has 1 atom stereocenters. The Hall–Kier alpha value is -1.67. The number of anilines is 1. The summed E-state index contributed by atoms with van der Waals surface area (Å²) in [4.78, 5) is 0. The highest BCUT2D eigenvalue weighted by Gasteiger charge is 2.09. The minimum atomic E-state index is 0.0363. The van der Waals surface area contributed by atoms with Crippen LogP contribution in [0.5, 0.6) is 5.75 Å². The summed E-state index contributed by atoms with van der Waals surface area (Å²) in [6, 6.07) is 14.0. The predicted octanol–water partition coefficient (Wildman–Crippen LogP) is 5.09. The number of hydrogen-bond acceptors (Lipinski definition) is 2. The summed E-state index contributed by atoms with van der Waals surface area (Å²) in [5.74, 6) is 0.731. The van der Waals surface area contributed by atoms with Crippen LogP contribution in [0, 0.1) is 6.92 Å². The average molecular weight is 304 g/mol. The lowest BCUT2D eigenvalue weighted by atomic mass is 10.1. The van der Waals surface area contributed by atoms with E-state index in [2.05, 4.69) is 37.4 Å². The van der Waals surface area contributed by atoms with Gasteiger partial charge in [-0.1, -0.05) is 48.9 Å². The molecule has 2 aromatic carbocycles. The molecular formula is C18H22ClNO. The number of rotatable bonds is 6. The molecule has 0 fully saturated rings. The fourth-order valence-electron chi connectivity index (χ4n) is 2.32. The van der Waals surface area contributed by atoms with E-state index in [9.17, 15) is 0 Å². The molecule has 0 radical (unpaired) electrons. The van der Waals surface area contributed by atoms with E-state index in [0.717, 1.165) is 18.7 Å². The molecule has 0 aliphatic heterocycles. The van der Waals surface area contributed by atoms with Crippen molar-refractivity contribution in [1.29, 1.82) is 0 Å². The quantitative estimate of drug-likeness (QED) is 0.802. The first-order valence-electron chi connectivity index (χ1n) is 7.35. The Morgan fingerprint density at radius 1 is 1.14 bits per heavy atom. The van der Waals surface area contributed by atoms with E-state index in [-0.39, 0.29) is 6.10 Å². The average Bonchev–Trinajstić information content (AvgIpc) is 2.48. The summed E-state index contributed by atoms with van der Waals surface area (Å²) in [6.07, 6.45) is 1.05. The molecule has 1 unspecified atom stereocenters. The largest absolute Gasteiger partial charge is 0.487 e. The van der Waals surface area contributed by atoms with Crippen LogP contribution in [-0.2, 0) is 6.42 Å². The lowest BCUT2D eigenvalue weighted by molar-refractivity contribution is 0.235. The first kappa shape index (κ1) is 15.7. The first-order chi connectivity index (χ1) is 10.1. The highest BCUT2D eigenvalue weighted by atomic mass is 35.5.